The Morgan fingerprint density at radius 1 is 0.900 bits per heavy atom. The van der Waals surface area contributed by atoms with Crippen LogP contribution in [0.3, 0.4) is 0 Å². The molecule has 2 aromatic rings. The van der Waals surface area contributed by atoms with Crippen molar-refractivity contribution in [2.75, 3.05) is 0 Å². The second kappa shape index (κ2) is 5.87. The van der Waals surface area contributed by atoms with Gasteiger partial charge in [0, 0.05) is 5.56 Å². The standard InChI is InChI=1S/C19H20O/c1-13-12-14(2)16(4)19(15(13)3)18(20)11-10-17-8-6-5-7-9-17/h5-12H,1-4H3. The number of aryl methyl sites for hydroxylation is 2. The quantitative estimate of drug-likeness (QED) is 0.574. The molecule has 0 fully saturated rings. The van der Waals surface area contributed by atoms with E-state index in [9.17, 15) is 4.79 Å². The Kier molecular flexibility index (Phi) is 4.19. The molecule has 0 spiro atoms. The predicted octanol–water partition coefficient (Wildman–Crippen LogP) is 4.82. The second-order valence-corrected chi connectivity index (χ2v) is 5.24. The van der Waals surface area contributed by atoms with Gasteiger partial charge in [0.1, 0.15) is 0 Å². The summed E-state index contributed by atoms with van der Waals surface area (Å²) in [7, 11) is 0. The van der Waals surface area contributed by atoms with Crippen LogP contribution in [0.5, 0.6) is 0 Å². The first-order chi connectivity index (χ1) is 9.50. The Morgan fingerprint density at radius 2 is 1.45 bits per heavy atom. The molecule has 0 saturated heterocycles. The summed E-state index contributed by atoms with van der Waals surface area (Å²) in [5, 5.41) is 0. The number of hydrogen-bond donors (Lipinski definition) is 0. The molecule has 0 aromatic heterocycles. The Morgan fingerprint density at radius 3 is 2.00 bits per heavy atom. The van der Waals surface area contributed by atoms with Gasteiger partial charge in [0.05, 0.1) is 0 Å². The molecule has 2 aromatic carbocycles. The Labute approximate surface area is 121 Å². The average Bonchev–Trinajstić information content (AvgIpc) is 2.44. The molecule has 0 aliphatic rings. The van der Waals surface area contributed by atoms with E-state index < -0.39 is 0 Å². The van der Waals surface area contributed by atoms with Crippen LogP contribution in [0, 0.1) is 27.7 Å². The highest BCUT2D eigenvalue weighted by atomic mass is 16.1. The van der Waals surface area contributed by atoms with Gasteiger partial charge in [0.15, 0.2) is 5.78 Å². The molecule has 0 amide bonds. The molecule has 0 bridgehead atoms. The van der Waals surface area contributed by atoms with Gasteiger partial charge in [-0.15, -0.1) is 0 Å². The Bertz CT molecular complexity index is 638. The van der Waals surface area contributed by atoms with Crippen molar-refractivity contribution in [3.8, 4) is 0 Å². The van der Waals surface area contributed by atoms with Gasteiger partial charge in [-0.1, -0.05) is 42.5 Å². The highest BCUT2D eigenvalue weighted by Gasteiger charge is 2.13. The molecule has 102 valence electrons. The number of ketones is 1. The van der Waals surface area contributed by atoms with Crippen molar-refractivity contribution in [2.45, 2.75) is 27.7 Å². The minimum absolute atomic E-state index is 0.0793. The minimum Gasteiger partial charge on any atom is -0.289 e. The first-order valence-electron chi connectivity index (χ1n) is 6.85. The molecular weight excluding hydrogens is 244 g/mol. The molecule has 0 aliphatic heterocycles. The minimum atomic E-state index is 0.0793. The molecule has 2 rings (SSSR count). The summed E-state index contributed by atoms with van der Waals surface area (Å²) in [6, 6.07) is 12.0. The molecular formula is C19H20O. The van der Waals surface area contributed by atoms with Crippen molar-refractivity contribution in [2.24, 2.45) is 0 Å². The zero-order chi connectivity index (χ0) is 14.7. The summed E-state index contributed by atoms with van der Waals surface area (Å²) < 4.78 is 0. The normalized spacial score (nSPS) is 11.0. The number of carbonyl (C=O) groups excluding carboxylic acids is 1. The highest BCUT2D eigenvalue weighted by Crippen LogP contribution is 2.22. The van der Waals surface area contributed by atoms with Crippen LogP contribution in [0.25, 0.3) is 6.08 Å². The third-order valence-corrected chi connectivity index (χ3v) is 3.84. The van der Waals surface area contributed by atoms with Crippen LogP contribution in [-0.2, 0) is 0 Å². The third kappa shape index (κ3) is 2.88. The molecule has 1 nitrogen and oxygen atoms in total. The molecule has 0 unspecified atom stereocenters. The van der Waals surface area contributed by atoms with Crippen LogP contribution < -0.4 is 0 Å². The SMILES string of the molecule is Cc1cc(C)c(C)c(C(=O)C=Cc2ccccc2)c1C. The maximum absolute atomic E-state index is 12.5. The van der Waals surface area contributed by atoms with Gasteiger partial charge in [0.2, 0.25) is 0 Å². The van der Waals surface area contributed by atoms with Crippen LogP contribution in [-0.4, -0.2) is 5.78 Å². The van der Waals surface area contributed by atoms with E-state index >= 15 is 0 Å². The van der Waals surface area contributed by atoms with E-state index in [-0.39, 0.29) is 5.78 Å². The fourth-order valence-corrected chi connectivity index (χ4v) is 2.41. The fourth-order valence-electron chi connectivity index (χ4n) is 2.41. The lowest BCUT2D eigenvalue weighted by atomic mass is 9.91. The van der Waals surface area contributed by atoms with Gasteiger partial charge in [-0.05, 0) is 61.6 Å². The lowest BCUT2D eigenvalue weighted by Gasteiger charge is -2.12. The Balaban J connectivity index is 2.38. The van der Waals surface area contributed by atoms with Crippen LogP contribution in [0.1, 0.15) is 38.2 Å². The van der Waals surface area contributed by atoms with E-state index in [1.165, 1.54) is 11.1 Å². The summed E-state index contributed by atoms with van der Waals surface area (Å²) >= 11 is 0. The summed E-state index contributed by atoms with van der Waals surface area (Å²) in [6.45, 7) is 8.15. The summed E-state index contributed by atoms with van der Waals surface area (Å²) in [6.07, 6.45) is 3.54. The van der Waals surface area contributed by atoms with Gasteiger partial charge in [-0.25, -0.2) is 0 Å². The number of carbonyl (C=O) groups is 1. The maximum Gasteiger partial charge on any atom is 0.186 e. The van der Waals surface area contributed by atoms with Crippen molar-refractivity contribution < 1.29 is 4.79 Å². The average molecular weight is 264 g/mol. The molecule has 1 heteroatoms. The van der Waals surface area contributed by atoms with Gasteiger partial charge in [-0.2, -0.15) is 0 Å². The number of benzene rings is 2. The number of hydrogen-bond acceptors (Lipinski definition) is 1. The predicted molar refractivity (Wildman–Crippen MR) is 85.2 cm³/mol. The van der Waals surface area contributed by atoms with Gasteiger partial charge in [0.25, 0.3) is 0 Å². The number of allylic oxidation sites excluding steroid dienone is 1. The number of rotatable bonds is 3. The van der Waals surface area contributed by atoms with Crippen LogP contribution in [0.15, 0.2) is 42.5 Å². The van der Waals surface area contributed by atoms with E-state index in [1.54, 1.807) is 6.08 Å². The van der Waals surface area contributed by atoms with Crippen LogP contribution in [0.4, 0.5) is 0 Å². The first kappa shape index (κ1) is 14.3. The van der Waals surface area contributed by atoms with Crippen molar-refractivity contribution in [1.82, 2.24) is 0 Å². The fraction of sp³-hybridized carbons (Fsp3) is 0.211. The zero-order valence-electron chi connectivity index (χ0n) is 12.5. The van der Waals surface area contributed by atoms with Gasteiger partial charge < -0.3 is 0 Å². The van der Waals surface area contributed by atoms with Crippen LogP contribution >= 0.6 is 0 Å². The lowest BCUT2D eigenvalue weighted by Crippen LogP contribution is -2.05. The summed E-state index contributed by atoms with van der Waals surface area (Å²) in [4.78, 5) is 12.5. The van der Waals surface area contributed by atoms with Crippen molar-refractivity contribution in [1.29, 1.82) is 0 Å². The van der Waals surface area contributed by atoms with Gasteiger partial charge >= 0.3 is 0 Å². The topological polar surface area (TPSA) is 17.1 Å². The molecule has 0 heterocycles. The molecule has 0 saturated carbocycles. The van der Waals surface area contributed by atoms with Crippen LogP contribution in [0.2, 0.25) is 0 Å². The Hall–Kier alpha value is -2.15. The largest absolute Gasteiger partial charge is 0.289 e. The smallest absolute Gasteiger partial charge is 0.186 e. The van der Waals surface area contributed by atoms with E-state index in [4.69, 9.17) is 0 Å². The monoisotopic (exact) mass is 264 g/mol. The van der Waals surface area contributed by atoms with Crippen molar-refractivity contribution in [3.63, 3.8) is 0 Å². The van der Waals surface area contributed by atoms with Crippen molar-refractivity contribution in [3.05, 3.63) is 75.9 Å². The first-order valence-corrected chi connectivity index (χ1v) is 6.85. The lowest BCUT2D eigenvalue weighted by molar-refractivity contribution is 0.104. The molecule has 20 heavy (non-hydrogen) atoms. The molecule has 0 N–H and O–H groups in total. The third-order valence-electron chi connectivity index (χ3n) is 3.84. The van der Waals surface area contributed by atoms with E-state index in [2.05, 4.69) is 19.9 Å². The summed E-state index contributed by atoms with van der Waals surface area (Å²) in [5.74, 6) is 0.0793. The molecule has 0 aliphatic carbocycles. The van der Waals surface area contributed by atoms with E-state index in [0.717, 1.165) is 22.3 Å². The summed E-state index contributed by atoms with van der Waals surface area (Å²) in [5.41, 5.74) is 6.39. The van der Waals surface area contributed by atoms with E-state index in [1.807, 2.05) is 50.3 Å². The van der Waals surface area contributed by atoms with Gasteiger partial charge in [-0.3, -0.25) is 4.79 Å². The highest BCUT2D eigenvalue weighted by molar-refractivity contribution is 6.09. The maximum atomic E-state index is 12.5. The van der Waals surface area contributed by atoms with Crippen molar-refractivity contribution >= 4 is 11.9 Å². The molecule has 0 atom stereocenters. The zero-order valence-corrected chi connectivity index (χ0v) is 12.5. The second-order valence-electron chi connectivity index (χ2n) is 5.24. The van der Waals surface area contributed by atoms with E-state index in [0.29, 0.717) is 0 Å². The molecule has 0 radical (unpaired) electrons.